The molecule has 0 aromatic carbocycles. The number of alkyl halides is 1. The first-order chi connectivity index (χ1) is 3.90. The molecule has 0 nitrogen and oxygen atoms in total. The van der Waals surface area contributed by atoms with Crippen molar-refractivity contribution in [3.05, 3.63) is 0 Å². The maximum atomic E-state index is 5.69. The van der Waals surface area contributed by atoms with Crippen LogP contribution in [0.25, 0.3) is 0 Å². The average molecular weight is 131 g/mol. The molecule has 2 rings (SSSR count). The normalized spacial score (nSPS) is 51.4. The molecule has 2 aliphatic carbocycles. The van der Waals surface area contributed by atoms with Crippen molar-refractivity contribution in [1.82, 2.24) is 0 Å². The second-order valence-electron chi connectivity index (χ2n) is 3.25. The fourth-order valence-corrected chi connectivity index (χ4v) is 2.22. The molecule has 2 fully saturated rings. The number of hydrogen-bond donors (Lipinski definition) is 0. The third-order valence-electron chi connectivity index (χ3n) is 2.56. The standard InChI is InChI=1S/C7H11Cl/c8-4-5-1-6-3-7(6)2-5/h5-7H,1-4H2/t5?,6-,7+. The maximum Gasteiger partial charge on any atom is 0.0251 e. The summed E-state index contributed by atoms with van der Waals surface area (Å²) >= 11 is 5.69. The van der Waals surface area contributed by atoms with Gasteiger partial charge in [0.25, 0.3) is 0 Å². The predicted octanol–water partition coefficient (Wildman–Crippen LogP) is 2.27. The van der Waals surface area contributed by atoms with E-state index in [0.717, 1.165) is 23.6 Å². The Balaban J connectivity index is 1.89. The van der Waals surface area contributed by atoms with Gasteiger partial charge in [-0.25, -0.2) is 0 Å². The van der Waals surface area contributed by atoms with Crippen LogP contribution in [0.5, 0.6) is 0 Å². The highest BCUT2D eigenvalue weighted by atomic mass is 35.5. The molecule has 1 unspecified atom stereocenters. The van der Waals surface area contributed by atoms with Crippen LogP contribution in [0.2, 0.25) is 0 Å². The summed E-state index contributed by atoms with van der Waals surface area (Å²) in [4.78, 5) is 0. The molecule has 0 amide bonds. The second kappa shape index (κ2) is 1.63. The Morgan fingerprint density at radius 2 is 1.75 bits per heavy atom. The molecule has 0 bridgehead atoms. The minimum absolute atomic E-state index is 0.889. The number of halogens is 1. The summed E-state index contributed by atoms with van der Waals surface area (Å²) in [5.74, 6) is 4.02. The van der Waals surface area contributed by atoms with Crippen LogP contribution in [0.15, 0.2) is 0 Å². The van der Waals surface area contributed by atoms with E-state index in [4.69, 9.17) is 11.6 Å². The molecule has 2 aliphatic rings. The van der Waals surface area contributed by atoms with Gasteiger partial charge in [-0.15, -0.1) is 11.6 Å². The largest absolute Gasteiger partial charge is 0.126 e. The van der Waals surface area contributed by atoms with Crippen LogP contribution in [0.4, 0.5) is 0 Å². The van der Waals surface area contributed by atoms with Gasteiger partial charge in [0, 0.05) is 5.88 Å². The molecule has 1 heteroatoms. The van der Waals surface area contributed by atoms with E-state index in [2.05, 4.69) is 0 Å². The van der Waals surface area contributed by atoms with E-state index in [9.17, 15) is 0 Å². The third-order valence-corrected chi connectivity index (χ3v) is 3.00. The Bertz CT molecular complexity index is 90.6. The van der Waals surface area contributed by atoms with E-state index in [1.807, 2.05) is 0 Å². The monoisotopic (exact) mass is 130 g/mol. The molecule has 0 aromatic heterocycles. The predicted molar refractivity (Wildman–Crippen MR) is 35.0 cm³/mol. The molecule has 0 aliphatic heterocycles. The molecule has 2 saturated carbocycles. The fraction of sp³-hybridized carbons (Fsp3) is 1.00. The first-order valence-corrected chi connectivity index (χ1v) is 3.99. The minimum Gasteiger partial charge on any atom is -0.126 e. The van der Waals surface area contributed by atoms with Crippen molar-refractivity contribution in [2.45, 2.75) is 19.3 Å². The van der Waals surface area contributed by atoms with E-state index in [-0.39, 0.29) is 0 Å². The number of fused-ring (bicyclic) bond motifs is 1. The average Bonchev–Trinajstić information content (AvgIpc) is 2.40. The van der Waals surface area contributed by atoms with Crippen molar-refractivity contribution in [3.8, 4) is 0 Å². The lowest BCUT2D eigenvalue weighted by Gasteiger charge is -2.03. The number of rotatable bonds is 1. The lowest BCUT2D eigenvalue weighted by molar-refractivity contribution is 0.541. The van der Waals surface area contributed by atoms with Crippen molar-refractivity contribution in [1.29, 1.82) is 0 Å². The molecular weight excluding hydrogens is 120 g/mol. The van der Waals surface area contributed by atoms with Gasteiger partial charge in [-0.2, -0.15) is 0 Å². The second-order valence-corrected chi connectivity index (χ2v) is 3.56. The molecule has 46 valence electrons. The van der Waals surface area contributed by atoms with Gasteiger partial charge in [-0.05, 0) is 37.0 Å². The van der Waals surface area contributed by atoms with Gasteiger partial charge in [0.2, 0.25) is 0 Å². The van der Waals surface area contributed by atoms with Crippen molar-refractivity contribution >= 4 is 11.6 Å². The molecule has 0 saturated heterocycles. The lowest BCUT2D eigenvalue weighted by Crippen LogP contribution is -1.96. The van der Waals surface area contributed by atoms with E-state index < -0.39 is 0 Å². The van der Waals surface area contributed by atoms with Gasteiger partial charge in [-0.3, -0.25) is 0 Å². The van der Waals surface area contributed by atoms with Gasteiger partial charge < -0.3 is 0 Å². The summed E-state index contributed by atoms with van der Waals surface area (Å²) in [6, 6.07) is 0. The summed E-state index contributed by atoms with van der Waals surface area (Å²) in [6.07, 6.45) is 4.40. The van der Waals surface area contributed by atoms with Gasteiger partial charge in [0.1, 0.15) is 0 Å². The molecule has 0 aromatic rings. The summed E-state index contributed by atoms with van der Waals surface area (Å²) in [5, 5.41) is 0. The lowest BCUT2D eigenvalue weighted by atomic mass is 10.1. The van der Waals surface area contributed by atoms with E-state index in [1.54, 1.807) is 0 Å². The molecule has 0 radical (unpaired) electrons. The minimum atomic E-state index is 0.889. The highest BCUT2D eigenvalue weighted by Gasteiger charge is 2.45. The topological polar surface area (TPSA) is 0 Å². The van der Waals surface area contributed by atoms with Crippen LogP contribution in [0.1, 0.15) is 19.3 Å². The quantitative estimate of drug-likeness (QED) is 0.478. The highest BCUT2D eigenvalue weighted by Crippen LogP contribution is 2.54. The molecule has 0 heterocycles. The molecule has 0 N–H and O–H groups in total. The number of hydrogen-bond acceptors (Lipinski definition) is 0. The van der Waals surface area contributed by atoms with Crippen molar-refractivity contribution in [2.24, 2.45) is 17.8 Å². The zero-order valence-electron chi connectivity index (χ0n) is 4.94. The zero-order valence-corrected chi connectivity index (χ0v) is 5.69. The van der Waals surface area contributed by atoms with Crippen LogP contribution in [-0.4, -0.2) is 5.88 Å². The molecule has 0 spiro atoms. The van der Waals surface area contributed by atoms with Crippen LogP contribution in [-0.2, 0) is 0 Å². The highest BCUT2D eigenvalue weighted by molar-refractivity contribution is 6.18. The Morgan fingerprint density at radius 3 is 2.12 bits per heavy atom. The Hall–Kier alpha value is 0.290. The molecule has 3 atom stereocenters. The van der Waals surface area contributed by atoms with Crippen molar-refractivity contribution in [3.63, 3.8) is 0 Å². The summed E-state index contributed by atoms with van der Waals surface area (Å²) in [7, 11) is 0. The Kier molecular flexibility index (Phi) is 1.04. The summed E-state index contributed by atoms with van der Waals surface area (Å²) in [6.45, 7) is 0. The van der Waals surface area contributed by atoms with Gasteiger partial charge in [0.15, 0.2) is 0 Å². The fourth-order valence-electron chi connectivity index (χ4n) is 1.97. The molecular formula is C7H11Cl. The third kappa shape index (κ3) is 0.663. The van der Waals surface area contributed by atoms with E-state index >= 15 is 0 Å². The zero-order chi connectivity index (χ0) is 5.56. The van der Waals surface area contributed by atoms with Crippen LogP contribution < -0.4 is 0 Å². The first-order valence-electron chi connectivity index (χ1n) is 3.46. The first kappa shape index (κ1) is 5.10. The summed E-state index contributed by atoms with van der Waals surface area (Å²) in [5.41, 5.74) is 0. The van der Waals surface area contributed by atoms with Gasteiger partial charge >= 0.3 is 0 Å². The molecule has 8 heavy (non-hydrogen) atoms. The summed E-state index contributed by atoms with van der Waals surface area (Å²) < 4.78 is 0. The Labute approximate surface area is 55.2 Å². The van der Waals surface area contributed by atoms with Crippen LogP contribution in [0, 0.1) is 17.8 Å². The van der Waals surface area contributed by atoms with Gasteiger partial charge in [0.05, 0.1) is 0 Å². The van der Waals surface area contributed by atoms with E-state index in [0.29, 0.717) is 0 Å². The van der Waals surface area contributed by atoms with Gasteiger partial charge in [-0.1, -0.05) is 0 Å². The van der Waals surface area contributed by atoms with Crippen LogP contribution in [0.3, 0.4) is 0 Å². The van der Waals surface area contributed by atoms with Crippen LogP contribution >= 0.6 is 11.6 Å². The smallest absolute Gasteiger partial charge is 0.0251 e. The van der Waals surface area contributed by atoms with Crippen molar-refractivity contribution < 1.29 is 0 Å². The van der Waals surface area contributed by atoms with E-state index in [1.165, 1.54) is 19.3 Å². The maximum absolute atomic E-state index is 5.69. The SMILES string of the molecule is ClCC1C[C@@H]2C[C@@H]2C1. The van der Waals surface area contributed by atoms with Crippen molar-refractivity contribution in [2.75, 3.05) is 5.88 Å². The Morgan fingerprint density at radius 1 is 1.12 bits per heavy atom.